The van der Waals surface area contributed by atoms with E-state index in [0.29, 0.717) is 23.0 Å². The molecule has 1 aliphatic rings. The van der Waals surface area contributed by atoms with E-state index < -0.39 is 11.9 Å². The lowest BCUT2D eigenvalue weighted by atomic mass is 9.96. The highest BCUT2D eigenvalue weighted by Crippen LogP contribution is 2.36. The highest BCUT2D eigenvalue weighted by atomic mass is 35.5. The van der Waals surface area contributed by atoms with Crippen molar-refractivity contribution in [2.45, 2.75) is 20.3 Å². The van der Waals surface area contributed by atoms with Crippen molar-refractivity contribution < 1.29 is 18.7 Å². The number of carbonyl (C=O) groups is 1. The lowest BCUT2D eigenvalue weighted by molar-refractivity contribution is 0.145. The number of anilines is 3. The van der Waals surface area contributed by atoms with E-state index in [1.165, 1.54) is 18.3 Å². The van der Waals surface area contributed by atoms with E-state index in [4.69, 9.17) is 21.1 Å². The number of nitrogens with zero attached hydrogens (tertiary/aromatic N) is 4. The number of aryl methyl sites for hydroxylation is 1. The van der Waals surface area contributed by atoms with Crippen molar-refractivity contribution in [3.8, 4) is 22.8 Å². The molecule has 0 saturated carbocycles. The second-order valence-electron chi connectivity index (χ2n) is 10.8. The third-order valence-electron chi connectivity index (χ3n) is 7.62. The Balaban J connectivity index is 1.17. The molecule has 0 unspecified atom stereocenters. The number of ether oxygens (including phenoxy) is 2. The van der Waals surface area contributed by atoms with Gasteiger partial charge in [-0.2, -0.15) is 4.98 Å². The van der Waals surface area contributed by atoms with E-state index in [1.807, 2.05) is 44.2 Å². The number of benzene rings is 3. The summed E-state index contributed by atoms with van der Waals surface area (Å²) in [4.78, 5) is 26.0. The van der Waals surface area contributed by atoms with Gasteiger partial charge in [-0.3, -0.25) is 5.32 Å². The monoisotopic (exact) mass is 618 g/mol. The fourth-order valence-electron chi connectivity index (χ4n) is 4.97. The maximum Gasteiger partial charge on any atom is 0.418 e. The van der Waals surface area contributed by atoms with E-state index in [2.05, 4.69) is 37.4 Å². The minimum absolute atomic E-state index is 0.00103. The average molecular weight is 619 g/mol. The molecular weight excluding hydrogens is 583 g/mol. The second kappa shape index (κ2) is 14.5. The van der Waals surface area contributed by atoms with Gasteiger partial charge in [-0.1, -0.05) is 41.9 Å². The fourth-order valence-corrected chi connectivity index (χ4v) is 5.19. The molecule has 11 heteroatoms. The quantitative estimate of drug-likeness (QED) is 0.185. The van der Waals surface area contributed by atoms with Crippen molar-refractivity contribution >= 4 is 35.0 Å². The molecule has 4 aromatic rings. The first-order chi connectivity index (χ1) is 21.3. The van der Waals surface area contributed by atoms with Gasteiger partial charge in [0.15, 0.2) is 11.6 Å². The van der Waals surface area contributed by atoms with Gasteiger partial charge in [0.1, 0.15) is 0 Å². The minimum Gasteiger partial charge on any atom is -0.490 e. The zero-order valence-corrected chi connectivity index (χ0v) is 25.8. The summed E-state index contributed by atoms with van der Waals surface area (Å²) in [6, 6.07) is 17.4. The molecule has 230 valence electrons. The van der Waals surface area contributed by atoms with Crippen molar-refractivity contribution in [3.63, 3.8) is 0 Å². The molecule has 1 fully saturated rings. The van der Waals surface area contributed by atoms with Crippen LogP contribution in [0.3, 0.4) is 0 Å². The second-order valence-corrected chi connectivity index (χ2v) is 11.2. The van der Waals surface area contributed by atoms with Crippen LogP contribution in [-0.2, 0) is 0 Å². The number of carbonyl (C=O) groups excluding carboxylic acids is 1. The zero-order chi connectivity index (χ0) is 31.1. The van der Waals surface area contributed by atoms with Gasteiger partial charge in [-0.25, -0.2) is 14.2 Å². The van der Waals surface area contributed by atoms with Gasteiger partial charge < -0.3 is 24.6 Å². The molecule has 2 heterocycles. The molecular formula is C33H36ClFN6O3. The normalized spacial score (nSPS) is 13.8. The molecule has 9 nitrogen and oxygen atoms in total. The first-order valence-corrected chi connectivity index (χ1v) is 14.9. The van der Waals surface area contributed by atoms with Crippen molar-refractivity contribution in [1.29, 1.82) is 0 Å². The Hall–Kier alpha value is -4.25. The summed E-state index contributed by atoms with van der Waals surface area (Å²) in [6.45, 7) is 9.61. The number of hydrogen-bond acceptors (Lipinski definition) is 8. The van der Waals surface area contributed by atoms with Gasteiger partial charge in [0, 0.05) is 62.3 Å². The number of para-hydroxylation sites is 1. The molecule has 0 atom stereocenters. The van der Waals surface area contributed by atoms with Gasteiger partial charge >= 0.3 is 6.09 Å². The molecule has 44 heavy (non-hydrogen) atoms. The molecule has 0 radical (unpaired) electrons. The Morgan fingerprint density at radius 3 is 2.59 bits per heavy atom. The lowest BCUT2D eigenvalue weighted by Crippen LogP contribution is -2.44. The first kappa shape index (κ1) is 31.2. The molecule has 3 aromatic carbocycles. The largest absolute Gasteiger partial charge is 0.490 e. The Morgan fingerprint density at radius 2 is 1.80 bits per heavy atom. The summed E-state index contributed by atoms with van der Waals surface area (Å²) >= 11 is 6.48. The number of halogens is 2. The van der Waals surface area contributed by atoms with Crippen LogP contribution in [0.15, 0.2) is 66.9 Å². The molecule has 0 spiro atoms. The van der Waals surface area contributed by atoms with Crippen LogP contribution in [0.25, 0.3) is 11.1 Å². The van der Waals surface area contributed by atoms with Crippen LogP contribution in [0.1, 0.15) is 17.5 Å². The standard InChI is InChI=1S/C33H36ClFN6O3/c1-22-7-4-8-25(23(22)2)26-9-5-10-27(34)31(26)39-33(42)44-30-13-14-36-32(38-30)37-24-11-12-29(28(35)21-24)43-20-6-15-41-18-16-40(3)17-19-41/h4-5,7-14,21H,6,15-20H2,1-3H3,(H,39,42)(H,36,37,38). The number of hydrogen-bond donors (Lipinski definition) is 2. The van der Waals surface area contributed by atoms with Crippen molar-refractivity contribution in [2.75, 3.05) is 57.0 Å². The highest BCUT2D eigenvalue weighted by Gasteiger charge is 2.17. The highest BCUT2D eigenvalue weighted by molar-refractivity contribution is 6.34. The average Bonchev–Trinajstić information content (AvgIpc) is 3.00. The first-order valence-electron chi connectivity index (χ1n) is 14.5. The Bertz CT molecular complexity index is 1610. The van der Waals surface area contributed by atoms with Crippen molar-refractivity contribution in [1.82, 2.24) is 19.8 Å². The SMILES string of the molecule is Cc1cccc(-c2cccc(Cl)c2NC(=O)Oc2ccnc(Nc3ccc(OCCCN4CCN(C)CC4)c(F)c3)n2)c1C. The van der Waals surface area contributed by atoms with Crippen LogP contribution < -0.4 is 20.1 Å². The Kier molecular flexibility index (Phi) is 10.3. The Labute approximate surface area is 262 Å². The van der Waals surface area contributed by atoms with E-state index in [1.54, 1.807) is 18.2 Å². The molecule has 0 bridgehead atoms. The number of amides is 1. The topological polar surface area (TPSA) is 91.8 Å². The summed E-state index contributed by atoms with van der Waals surface area (Å²) in [7, 11) is 2.13. The number of rotatable bonds is 10. The fraction of sp³-hybridized carbons (Fsp3) is 0.303. The predicted octanol–water partition coefficient (Wildman–Crippen LogP) is 6.92. The minimum atomic E-state index is -0.769. The maximum absolute atomic E-state index is 14.8. The van der Waals surface area contributed by atoms with Crippen molar-refractivity contribution in [2.24, 2.45) is 0 Å². The molecule has 1 aromatic heterocycles. The smallest absolute Gasteiger partial charge is 0.418 e. The third kappa shape index (κ3) is 8.02. The lowest BCUT2D eigenvalue weighted by Gasteiger charge is -2.32. The van der Waals surface area contributed by atoms with Crippen LogP contribution in [0.2, 0.25) is 5.02 Å². The third-order valence-corrected chi connectivity index (χ3v) is 7.94. The van der Waals surface area contributed by atoms with Crippen LogP contribution in [-0.4, -0.2) is 72.2 Å². The molecule has 1 amide bonds. The molecule has 5 rings (SSSR count). The van der Waals surface area contributed by atoms with Gasteiger partial charge in [0.2, 0.25) is 11.8 Å². The van der Waals surface area contributed by atoms with Gasteiger partial charge in [0.25, 0.3) is 0 Å². The summed E-state index contributed by atoms with van der Waals surface area (Å²) in [5.41, 5.74) is 4.77. The van der Waals surface area contributed by atoms with Crippen LogP contribution in [0, 0.1) is 19.7 Å². The molecule has 1 aliphatic heterocycles. The number of nitrogens with one attached hydrogen (secondary N) is 2. The van der Waals surface area contributed by atoms with E-state index in [0.717, 1.165) is 61.4 Å². The van der Waals surface area contributed by atoms with Gasteiger partial charge in [0.05, 0.1) is 17.3 Å². The summed E-state index contributed by atoms with van der Waals surface area (Å²) in [6.07, 6.45) is 1.48. The van der Waals surface area contributed by atoms with E-state index in [9.17, 15) is 9.18 Å². The number of aromatic nitrogens is 2. The maximum atomic E-state index is 14.8. The molecule has 0 aliphatic carbocycles. The van der Waals surface area contributed by atoms with Gasteiger partial charge in [-0.15, -0.1) is 0 Å². The Morgan fingerprint density at radius 1 is 1.02 bits per heavy atom. The zero-order valence-electron chi connectivity index (χ0n) is 25.1. The summed E-state index contributed by atoms with van der Waals surface area (Å²) in [5, 5.41) is 6.06. The predicted molar refractivity (Wildman–Crippen MR) is 172 cm³/mol. The summed E-state index contributed by atoms with van der Waals surface area (Å²) < 4.78 is 25.9. The number of likely N-dealkylation sites (N-methyl/N-ethyl adjacent to an activating group) is 1. The van der Waals surface area contributed by atoms with Gasteiger partial charge in [-0.05, 0) is 62.2 Å². The van der Waals surface area contributed by atoms with E-state index in [-0.39, 0.29) is 17.6 Å². The molecule has 2 N–H and O–H groups in total. The van der Waals surface area contributed by atoms with Crippen LogP contribution in [0.4, 0.5) is 26.5 Å². The molecule has 1 saturated heterocycles. The van der Waals surface area contributed by atoms with E-state index >= 15 is 0 Å². The summed E-state index contributed by atoms with van der Waals surface area (Å²) in [5.74, 6) is -0.186. The number of piperazine rings is 1. The van der Waals surface area contributed by atoms with Crippen LogP contribution >= 0.6 is 11.6 Å². The van der Waals surface area contributed by atoms with Crippen LogP contribution in [0.5, 0.6) is 11.6 Å². The van der Waals surface area contributed by atoms with Crippen molar-refractivity contribution in [3.05, 3.63) is 88.8 Å².